The van der Waals surface area contributed by atoms with Crippen LogP contribution in [0.4, 0.5) is 15.8 Å². The summed E-state index contributed by atoms with van der Waals surface area (Å²) in [5, 5.41) is 6.43. The Bertz CT molecular complexity index is 1380. The number of hydrogen-bond donors (Lipinski definition) is 2. The molecule has 0 aliphatic rings. The summed E-state index contributed by atoms with van der Waals surface area (Å²) in [5.41, 5.74) is 5.84. The lowest BCUT2D eigenvalue weighted by Gasteiger charge is -2.14. The van der Waals surface area contributed by atoms with E-state index in [1.54, 1.807) is 22.9 Å². The molecule has 0 atom stereocenters. The number of para-hydroxylation sites is 2. The topological polar surface area (TPSA) is 76.0 Å². The quantitative estimate of drug-likeness (QED) is 0.291. The molecule has 0 spiro atoms. The number of thioether (sulfide) groups is 1. The van der Waals surface area contributed by atoms with Gasteiger partial charge in [-0.05, 0) is 73.4 Å². The molecule has 36 heavy (non-hydrogen) atoms. The van der Waals surface area contributed by atoms with Crippen molar-refractivity contribution in [3.05, 3.63) is 95.4 Å². The fourth-order valence-electron chi connectivity index (χ4n) is 3.84. The second kappa shape index (κ2) is 11.2. The van der Waals surface area contributed by atoms with Gasteiger partial charge in [0, 0.05) is 11.4 Å². The Morgan fingerprint density at radius 2 is 1.53 bits per heavy atom. The van der Waals surface area contributed by atoms with E-state index in [1.807, 2.05) is 63.2 Å². The normalized spacial score (nSPS) is 10.8. The van der Waals surface area contributed by atoms with Gasteiger partial charge in [0.1, 0.15) is 12.4 Å². The zero-order valence-electron chi connectivity index (χ0n) is 20.3. The molecule has 184 valence electrons. The molecule has 0 fully saturated rings. The van der Waals surface area contributed by atoms with E-state index in [-0.39, 0.29) is 29.9 Å². The number of hydrogen-bond acceptors (Lipinski definition) is 4. The summed E-state index contributed by atoms with van der Waals surface area (Å²) in [5.74, 6) is -0.625. The van der Waals surface area contributed by atoms with Crippen LogP contribution in [0.3, 0.4) is 0 Å². The van der Waals surface area contributed by atoms with E-state index in [1.165, 1.54) is 23.9 Å². The van der Waals surface area contributed by atoms with E-state index in [0.717, 1.165) is 33.6 Å². The highest BCUT2D eigenvalue weighted by atomic mass is 32.2. The number of nitrogens with zero attached hydrogens (tertiary/aromatic N) is 2. The number of anilines is 2. The van der Waals surface area contributed by atoms with Gasteiger partial charge in [-0.2, -0.15) is 0 Å². The van der Waals surface area contributed by atoms with Gasteiger partial charge < -0.3 is 15.2 Å². The smallest absolute Gasteiger partial charge is 0.244 e. The first kappa shape index (κ1) is 25.2. The van der Waals surface area contributed by atoms with Crippen molar-refractivity contribution in [2.45, 2.75) is 32.5 Å². The molecule has 2 N–H and O–H groups in total. The minimum Gasteiger partial charge on any atom is -0.325 e. The highest BCUT2D eigenvalue weighted by Crippen LogP contribution is 2.27. The molecular formula is C28H27FN4O2S. The summed E-state index contributed by atoms with van der Waals surface area (Å²) in [7, 11) is 0. The van der Waals surface area contributed by atoms with Crippen LogP contribution in [-0.2, 0) is 16.1 Å². The minimum absolute atomic E-state index is 0.0120. The van der Waals surface area contributed by atoms with Crippen LogP contribution in [0.1, 0.15) is 16.7 Å². The average Bonchev–Trinajstić information content (AvgIpc) is 3.24. The zero-order valence-corrected chi connectivity index (χ0v) is 21.2. The summed E-state index contributed by atoms with van der Waals surface area (Å²) >= 11 is 1.24. The number of amides is 2. The van der Waals surface area contributed by atoms with Gasteiger partial charge in [0.2, 0.25) is 11.8 Å². The third-order valence-corrected chi connectivity index (χ3v) is 6.75. The molecule has 1 heterocycles. The van der Waals surface area contributed by atoms with Crippen LogP contribution in [0.2, 0.25) is 0 Å². The van der Waals surface area contributed by atoms with Crippen molar-refractivity contribution in [3.8, 4) is 11.3 Å². The van der Waals surface area contributed by atoms with Gasteiger partial charge in [-0.1, -0.05) is 48.2 Å². The Labute approximate surface area is 214 Å². The van der Waals surface area contributed by atoms with Crippen LogP contribution in [0.5, 0.6) is 0 Å². The Hall–Kier alpha value is -3.91. The molecule has 0 aliphatic carbocycles. The molecule has 6 nitrogen and oxygen atoms in total. The monoisotopic (exact) mass is 502 g/mol. The highest BCUT2D eigenvalue weighted by molar-refractivity contribution is 7.99. The van der Waals surface area contributed by atoms with Crippen LogP contribution < -0.4 is 10.6 Å². The van der Waals surface area contributed by atoms with E-state index < -0.39 is 0 Å². The number of imidazole rings is 1. The van der Waals surface area contributed by atoms with E-state index in [9.17, 15) is 14.0 Å². The van der Waals surface area contributed by atoms with Crippen molar-refractivity contribution in [2.75, 3.05) is 16.4 Å². The third kappa shape index (κ3) is 6.01. The van der Waals surface area contributed by atoms with Gasteiger partial charge >= 0.3 is 0 Å². The number of benzene rings is 3. The second-order valence-corrected chi connectivity index (χ2v) is 9.43. The molecule has 4 rings (SSSR count). The fourth-order valence-corrected chi connectivity index (χ4v) is 4.62. The first-order chi connectivity index (χ1) is 17.3. The summed E-state index contributed by atoms with van der Waals surface area (Å²) in [6, 6.07) is 19.4. The van der Waals surface area contributed by atoms with E-state index in [4.69, 9.17) is 0 Å². The van der Waals surface area contributed by atoms with Crippen LogP contribution in [0, 0.1) is 26.6 Å². The summed E-state index contributed by atoms with van der Waals surface area (Å²) in [6.07, 6.45) is 1.64. The molecule has 3 aromatic carbocycles. The van der Waals surface area contributed by atoms with Crippen LogP contribution in [-0.4, -0.2) is 27.1 Å². The molecule has 0 bridgehead atoms. The fraction of sp³-hybridized carbons (Fsp3) is 0.179. The molecule has 0 radical (unpaired) electrons. The molecule has 0 saturated carbocycles. The number of nitrogens with one attached hydrogen (secondary N) is 2. The maximum absolute atomic E-state index is 13.5. The number of aromatic nitrogens is 2. The maximum atomic E-state index is 13.5. The lowest BCUT2D eigenvalue weighted by atomic mass is 10.1. The lowest BCUT2D eigenvalue weighted by molar-refractivity contribution is -0.117. The Morgan fingerprint density at radius 1 is 0.861 bits per heavy atom. The van der Waals surface area contributed by atoms with Gasteiger partial charge in [0.25, 0.3) is 0 Å². The summed E-state index contributed by atoms with van der Waals surface area (Å²) in [4.78, 5) is 30.2. The lowest BCUT2D eigenvalue weighted by Crippen LogP contribution is -2.21. The zero-order chi connectivity index (χ0) is 25.7. The number of halogens is 1. The van der Waals surface area contributed by atoms with Gasteiger partial charge in [0.15, 0.2) is 5.16 Å². The predicted molar refractivity (Wildman–Crippen MR) is 143 cm³/mol. The first-order valence-electron chi connectivity index (χ1n) is 11.5. The van der Waals surface area contributed by atoms with Crippen molar-refractivity contribution >= 4 is 35.0 Å². The Morgan fingerprint density at radius 3 is 2.22 bits per heavy atom. The highest BCUT2D eigenvalue weighted by Gasteiger charge is 2.18. The van der Waals surface area contributed by atoms with Crippen molar-refractivity contribution < 1.29 is 14.0 Å². The molecule has 1 aromatic heterocycles. The molecule has 2 amide bonds. The maximum Gasteiger partial charge on any atom is 0.244 e. The molecular weight excluding hydrogens is 475 g/mol. The van der Waals surface area contributed by atoms with E-state index in [2.05, 4.69) is 15.6 Å². The Kier molecular flexibility index (Phi) is 7.85. The van der Waals surface area contributed by atoms with Gasteiger partial charge in [-0.25, -0.2) is 9.37 Å². The predicted octanol–water partition coefficient (Wildman–Crippen LogP) is 5.98. The van der Waals surface area contributed by atoms with E-state index >= 15 is 0 Å². The second-order valence-electron chi connectivity index (χ2n) is 8.49. The van der Waals surface area contributed by atoms with Crippen LogP contribution in [0.15, 0.2) is 78.1 Å². The number of carbonyl (C=O) groups is 2. The summed E-state index contributed by atoms with van der Waals surface area (Å²) < 4.78 is 15.3. The van der Waals surface area contributed by atoms with Gasteiger partial charge in [-0.15, -0.1) is 0 Å². The molecule has 8 heteroatoms. The molecule has 0 unspecified atom stereocenters. The summed E-state index contributed by atoms with van der Waals surface area (Å²) in [6.45, 7) is 5.81. The molecule has 0 aliphatic heterocycles. The third-order valence-electron chi connectivity index (χ3n) is 5.76. The average molecular weight is 503 g/mol. The van der Waals surface area contributed by atoms with Crippen molar-refractivity contribution in [1.29, 1.82) is 0 Å². The number of carbonyl (C=O) groups excluding carboxylic acids is 2. The van der Waals surface area contributed by atoms with E-state index in [0.29, 0.717) is 10.9 Å². The molecule has 0 saturated heterocycles. The van der Waals surface area contributed by atoms with Crippen molar-refractivity contribution in [1.82, 2.24) is 9.55 Å². The SMILES string of the molecule is Cc1ccccc1NC(=O)Cn1c(-c2ccc(F)cc2)cnc1SCC(=O)Nc1c(C)cccc1C. The largest absolute Gasteiger partial charge is 0.325 e. The van der Waals surface area contributed by atoms with Crippen molar-refractivity contribution in [3.63, 3.8) is 0 Å². The van der Waals surface area contributed by atoms with Crippen molar-refractivity contribution in [2.24, 2.45) is 0 Å². The van der Waals surface area contributed by atoms with Gasteiger partial charge in [0.05, 0.1) is 17.6 Å². The Balaban J connectivity index is 1.54. The van der Waals surface area contributed by atoms with Gasteiger partial charge in [-0.3, -0.25) is 9.59 Å². The number of rotatable bonds is 8. The number of aryl methyl sites for hydroxylation is 3. The first-order valence-corrected chi connectivity index (χ1v) is 12.5. The minimum atomic E-state index is -0.347. The van der Waals surface area contributed by atoms with Crippen LogP contribution >= 0.6 is 11.8 Å². The standard InChI is InChI=1S/C28H27FN4O2S/c1-18-7-4-5-10-23(18)31-25(34)16-33-24(21-11-13-22(29)14-12-21)15-30-28(33)36-17-26(35)32-27-19(2)8-6-9-20(27)3/h4-15H,16-17H2,1-3H3,(H,31,34)(H,32,35). The molecule has 4 aromatic rings. The van der Waals surface area contributed by atoms with Crippen LogP contribution in [0.25, 0.3) is 11.3 Å².